The zero-order chi connectivity index (χ0) is 29.6. The molecule has 0 nitrogen and oxygen atoms in total. The predicted octanol–water partition coefficient (Wildman–Crippen LogP) is 13.7. The van der Waals surface area contributed by atoms with Gasteiger partial charge >= 0.3 is 0 Å². The molecule has 0 radical (unpaired) electrons. The van der Waals surface area contributed by atoms with E-state index in [0.29, 0.717) is 0 Å². The third-order valence-electron chi connectivity index (χ3n) is 7.83. The second-order valence-corrected chi connectivity index (χ2v) is 15.7. The zero-order valence-electron chi connectivity index (χ0n) is 24.3. The fraction of sp³-hybridized carbons (Fsp3) is 0.0500. The van der Waals surface area contributed by atoms with Crippen LogP contribution in [-0.4, -0.2) is 0 Å². The Balaban J connectivity index is 0.999. The molecular formula is C40H28S4. The van der Waals surface area contributed by atoms with Crippen LogP contribution in [0.4, 0.5) is 0 Å². The molecule has 0 bridgehead atoms. The molecule has 4 heteroatoms. The van der Waals surface area contributed by atoms with Crippen LogP contribution < -0.4 is 0 Å². The van der Waals surface area contributed by atoms with Crippen molar-refractivity contribution in [2.24, 2.45) is 0 Å². The first kappa shape index (κ1) is 27.5. The van der Waals surface area contributed by atoms with Gasteiger partial charge in [0.25, 0.3) is 0 Å². The van der Waals surface area contributed by atoms with E-state index in [1.165, 1.54) is 82.1 Å². The number of hydrogen-bond donors (Lipinski definition) is 0. The molecule has 0 saturated heterocycles. The lowest BCUT2D eigenvalue weighted by Gasteiger charge is -1.93. The summed E-state index contributed by atoms with van der Waals surface area (Å²) in [6, 6.07) is 36.0. The first-order valence-electron chi connectivity index (χ1n) is 14.6. The standard InChI is InChI=1S/C40H28S4/c1-25-3-7-27(8-4-25)11-13-33-17-29-21-39-31(23-37(29)41-33)19-35(43-39)15-16-36-20-32-24-38-30(22-40(32)44-36)18-34(42-38)14-12-28-9-5-26(2)6-10-28/h3-24H,1-2H3. The predicted molar refractivity (Wildman–Crippen MR) is 204 cm³/mol. The normalized spacial score (nSPS) is 12.5. The van der Waals surface area contributed by atoms with Crippen molar-refractivity contribution in [3.05, 3.63) is 139 Å². The monoisotopic (exact) mass is 636 g/mol. The Kier molecular flexibility index (Phi) is 7.16. The average Bonchev–Trinajstić information content (AvgIpc) is 3.80. The maximum atomic E-state index is 2.35. The molecule has 0 atom stereocenters. The third-order valence-corrected chi connectivity index (χ3v) is 12.1. The van der Waals surface area contributed by atoms with Crippen LogP contribution in [0, 0.1) is 13.8 Å². The number of benzene rings is 4. The van der Waals surface area contributed by atoms with Gasteiger partial charge in [0, 0.05) is 38.3 Å². The van der Waals surface area contributed by atoms with E-state index in [9.17, 15) is 0 Å². The van der Waals surface area contributed by atoms with E-state index in [-0.39, 0.29) is 0 Å². The van der Waals surface area contributed by atoms with Crippen LogP contribution in [0.3, 0.4) is 0 Å². The minimum atomic E-state index is 1.24. The molecule has 0 saturated carbocycles. The first-order chi connectivity index (χ1) is 21.5. The number of rotatable bonds is 6. The van der Waals surface area contributed by atoms with Gasteiger partial charge in [0.2, 0.25) is 0 Å². The molecule has 0 aliphatic heterocycles. The Morgan fingerprint density at radius 1 is 0.341 bits per heavy atom. The van der Waals surface area contributed by atoms with E-state index < -0.39 is 0 Å². The van der Waals surface area contributed by atoms with Crippen molar-refractivity contribution in [3.63, 3.8) is 0 Å². The average molecular weight is 637 g/mol. The summed E-state index contributed by atoms with van der Waals surface area (Å²) in [4.78, 5) is 5.16. The number of aryl methyl sites for hydroxylation is 2. The maximum absolute atomic E-state index is 2.35. The molecule has 0 unspecified atom stereocenters. The van der Waals surface area contributed by atoms with Crippen molar-refractivity contribution in [2.75, 3.05) is 0 Å². The van der Waals surface area contributed by atoms with Gasteiger partial charge in [0.15, 0.2) is 0 Å². The van der Waals surface area contributed by atoms with Crippen molar-refractivity contribution in [3.8, 4) is 0 Å². The van der Waals surface area contributed by atoms with E-state index >= 15 is 0 Å². The molecule has 0 spiro atoms. The molecule has 0 N–H and O–H groups in total. The van der Waals surface area contributed by atoms with Gasteiger partial charge in [0.1, 0.15) is 0 Å². The second-order valence-electron chi connectivity index (χ2n) is 11.3. The molecule has 212 valence electrons. The Morgan fingerprint density at radius 3 is 0.909 bits per heavy atom. The van der Waals surface area contributed by atoms with Crippen molar-refractivity contribution in [1.82, 2.24) is 0 Å². The molecule has 44 heavy (non-hydrogen) atoms. The van der Waals surface area contributed by atoms with E-state index in [1.54, 1.807) is 0 Å². The molecule has 8 rings (SSSR count). The van der Waals surface area contributed by atoms with Gasteiger partial charge in [-0.2, -0.15) is 0 Å². The fourth-order valence-electron chi connectivity index (χ4n) is 5.43. The third kappa shape index (κ3) is 5.74. The van der Waals surface area contributed by atoms with Gasteiger partial charge in [-0.25, -0.2) is 0 Å². The van der Waals surface area contributed by atoms with E-state index in [0.717, 1.165) is 0 Å². The second kappa shape index (κ2) is 11.5. The van der Waals surface area contributed by atoms with Crippen LogP contribution in [0.15, 0.2) is 97.1 Å². The molecular weight excluding hydrogens is 609 g/mol. The minimum Gasteiger partial charge on any atom is -0.136 e. The van der Waals surface area contributed by atoms with Crippen LogP contribution >= 0.6 is 45.3 Å². The highest BCUT2D eigenvalue weighted by Gasteiger charge is 2.08. The highest BCUT2D eigenvalue weighted by atomic mass is 32.1. The lowest BCUT2D eigenvalue weighted by atomic mass is 10.1. The fourth-order valence-corrected chi connectivity index (χ4v) is 9.42. The zero-order valence-corrected chi connectivity index (χ0v) is 27.6. The Labute approximate surface area is 273 Å². The van der Waals surface area contributed by atoms with Crippen LogP contribution in [-0.2, 0) is 0 Å². The van der Waals surface area contributed by atoms with Gasteiger partial charge in [0.05, 0.1) is 0 Å². The molecule has 4 heterocycles. The molecule has 8 aromatic rings. The summed E-state index contributed by atoms with van der Waals surface area (Å²) in [5.74, 6) is 0. The van der Waals surface area contributed by atoms with Crippen molar-refractivity contribution >= 4 is 122 Å². The van der Waals surface area contributed by atoms with Crippen molar-refractivity contribution < 1.29 is 0 Å². The maximum Gasteiger partial charge on any atom is 0.0356 e. The summed E-state index contributed by atoms with van der Waals surface area (Å²) < 4.78 is 5.36. The molecule has 0 aliphatic carbocycles. The number of fused-ring (bicyclic) bond motifs is 4. The van der Waals surface area contributed by atoms with E-state index in [1.807, 2.05) is 45.3 Å². The minimum absolute atomic E-state index is 1.24. The van der Waals surface area contributed by atoms with Crippen LogP contribution in [0.25, 0.3) is 76.8 Å². The smallest absolute Gasteiger partial charge is 0.0356 e. The summed E-state index contributed by atoms with van der Waals surface area (Å²) in [5, 5.41) is 5.28. The topological polar surface area (TPSA) is 0 Å². The van der Waals surface area contributed by atoms with Gasteiger partial charge in [-0.05, 0) is 119 Å². The Hall–Kier alpha value is -4.06. The highest BCUT2D eigenvalue weighted by Crippen LogP contribution is 2.37. The largest absolute Gasteiger partial charge is 0.136 e. The Bertz CT molecular complexity index is 2110. The van der Waals surface area contributed by atoms with Gasteiger partial charge < -0.3 is 0 Å². The lowest BCUT2D eigenvalue weighted by molar-refractivity contribution is 1.46. The van der Waals surface area contributed by atoms with Crippen LogP contribution in [0.2, 0.25) is 0 Å². The van der Waals surface area contributed by atoms with E-state index in [4.69, 9.17) is 0 Å². The molecule has 4 aromatic heterocycles. The summed E-state index contributed by atoms with van der Waals surface area (Å²) in [6.07, 6.45) is 13.4. The quantitative estimate of drug-likeness (QED) is 0.170. The van der Waals surface area contributed by atoms with Gasteiger partial charge in [-0.3, -0.25) is 0 Å². The first-order valence-corrected chi connectivity index (χ1v) is 17.9. The molecule has 0 amide bonds. The molecule has 0 aliphatic rings. The number of thiophene rings is 4. The summed E-state index contributed by atoms with van der Waals surface area (Å²) in [6.45, 7) is 4.25. The van der Waals surface area contributed by atoms with Crippen molar-refractivity contribution in [1.29, 1.82) is 0 Å². The van der Waals surface area contributed by atoms with Crippen molar-refractivity contribution in [2.45, 2.75) is 13.8 Å². The van der Waals surface area contributed by atoms with Gasteiger partial charge in [-0.15, -0.1) is 45.3 Å². The molecule has 4 aromatic carbocycles. The SMILES string of the molecule is Cc1ccc(C=Cc2cc3cc4sc(C=Cc5cc6cc7sc(C=Cc8ccc(C)cc8)cc7cc6s5)cc4cc3s2)cc1. The van der Waals surface area contributed by atoms with Gasteiger partial charge in [-0.1, -0.05) is 71.8 Å². The lowest BCUT2D eigenvalue weighted by Crippen LogP contribution is -1.72. The van der Waals surface area contributed by atoms with Crippen LogP contribution in [0.5, 0.6) is 0 Å². The van der Waals surface area contributed by atoms with E-state index in [2.05, 4.69) is 147 Å². The number of hydrogen-bond acceptors (Lipinski definition) is 4. The summed E-state index contributed by atoms with van der Waals surface area (Å²) in [7, 11) is 0. The van der Waals surface area contributed by atoms with Crippen LogP contribution in [0.1, 0.15) is 41.8 Å². The Morgan fingerprint density at radius 2 is 0.614 bits per heavy atom. The summed E-state index contributed by atoms with van der Waals surface area (Å²) in [5.41, 5.74) is 5.05. The summed E-state index contributed by atoms with van der Waals surface area (Å²) >= 11 is 7.45. The molecule has 0 fully saturated rings. The highest BCUT2D eigenvalue weighted by molar-refractivity contribution is 7.22.